The van der Waals surface area contributed by atoms with E-state index in [1.165, 1.54) is 43.7 Å². The Balaban J connectivity index is 1.97. The minimum atomic E-state index is -3.20. The lowest BCUT2D eigenvalue weighted by atomic mass is 9.98. The number of aliphatic imine (C=N–C) groups is 1. The number of guanidine groups is 1. The van der Waals surface area contributed by atoms with Gasteiger partial charge >= 0.3 is 0 Å². The summed E-state index contributed by atoms with van der Waals surface area (Å²) < 4.78 is 36.9. The van der Waals surface area contributed by atoms with Crippen LogP contribution in [0.5, 0.6) is 0 Å². The van der Waals surface area contributed by atoms with Gasteiger partial charge < -0.3 is 10.6 Å². The summed E-state index contributed by atoms with van der Waals surface area (Å²) in [6.07, 6.45) is 4.95. The molecule has 1 saturated heterocycles. The van der Waals surface area contributed by atoms with Crippen molar-refractivity contribution in [3.63, 3.8) is 0 Å². The van der Waals surface area contributed by atoms with E-state index in [-0.39, 0.29) is 17.1 Å². The fraction of sp³-hybridized carbons (Fsp3) is 0.650. The zero-order valence-corrected chi connectivity index (χ0v) is 18.2. The van der Waals surface area contributed by atoms with Crippen LogP contribution in [0.15, 0.2) is 23.2 Å². The average molecular weight is 413 g/mol. The van der Waals surface area contributed by atoms with Crippen molar-refractivity contribution >= 4 is 15.8 Å². The Bertz CT molecular complexity index is 787. The van der Waals surface area contributed by atoms with Crippen molar-refractivity contribution in [2.45, 2.75) is 50.9 Å². The van der Waals surface area contributed by atoms with Gasteiger partial charge in [0, 0.05) is 31.9 Å². The van der Waals surface area contributed by atoms with Gasteiger partial charge in [-0.2, -0.15) is 0 Å². The molecule has 0 unspecified atom stereocenters. The molecule has 2 N–H and O–H groups in total. The molecule has 8 heteroatoms. The van der Waals surface area contributed by atoms with Crippen molar-refractivity contribution in [1.82, 2.24) is 15.5 Å². The van der Waals surface area contributed by atoms with E-state index in [1.54, 1.807) is 7.05 Å². The van der Waals surface area contributed by atoms with Gasteiger partial charge in [-0.05, 0) is 63.0 Å². The third-order valence-electron chi connectivity index (χ3n) is 5.16. The maximum absolute atomic E-state index is 13.7. The molecule has 158 valence electrons. The van der Waals surface area contributed by atoms with E-state index < -0.39 is 9.84 Å². The largest absolute Gasteiger partial charge is 0.355 e. The maximum atomic E-state index is 13.7. The first-order chi connectivity index (χ1) is 13.1. The van der Waals surface area contributed by atoms with Crippen LogP contribution in [-0.4, -0.2) is 57.8 Å². The van der Waals surface area contributed by atoms with Crippen LogP contribution in [0, 0.1) is 5.82 Å². The highest BCUT2D eigenvalue weighted by molar-refractivity contribution is 7.89. The van der Waals surface area contributed by atoms with Crippen molar-refractivity contribution in [2.75, 3.05) is 32.9 Å². The summed E-state index contributed by atoms with van der Waals surface area (Å²) in [4.78, 5) is 6.74. The summed E-state index contributed by atoms with van der Waals surface area (Å²) in [5.74, 6) is 0.112. The summed E-state index contributed by atoms with van der Waals surface area (Å²) in [5.41, 5.74) is 1.21. The number of rotatable bonds is 7. The van der Waals surface area contributed by atoms with Gasteiger partial charge in [0.1, 0.15) is 5.82 Å². The molecule has 1 aliphatic heterocycles. The molecule has 0 spiro atoms. The van der Waals surface area contributed by atoms with E-state index in [9.17, 15) is 12.8 Å². The summed E-state index contributed by atoms with van der Waals surface area (Å²) in [6.45, 7) is 7.68. The van der Waals surface area contributed by atoms with E-state index in [0.29, 0.717) is 23.6 Å². The summed E-state index contributed by atoms with van der Waals surface area (Å²) >= 11 is 0. The second-order valence-electron chi connectivity index (χ2n) is 8.12. The molecule has 2 rings (SSSR count). The molecule has 0 amide bonds. The number of hydrogen-bond acceptors (Lipinski definition) is 4. The van der Waals surface area contributed by atoms with E-state index in [2.05, 4.69) is 34.4 Å². The third-order valence-corrected chi connectivity index (χ3v) is 5.99. The fourth-order valence-electron chi connectivity index (χ4n) is 3.49. The highest BCUT2D eigenvalue weighted by Gasteiger charge is 2.27. The lowest BCUT2D eigenvalue weighted by Crippen LogP contribution is -2.54. The first-order valence-corrected chi connectivity index (χ1v) is 11.8. The van der Waals surface area contributed by atoms with Crippen LogP contribution in [0.25, 0.3) is 0 Å². The Morgan fingerprint density at radius 3 is 2.46 bits per heavy atom. The van der Waals surface area contributed by atoms with Gasteiger partial charge in [0.15, 0.2) is 15.8 Å². The Kier molecular flexibility index (Phi) is 7.83. The summed E-state index contributed by atoms with van der Waals surface area (Å²) in [6, 6.07) is 4.19. The topological polar surface area (TPSA) is 73.8 Å². The van der Waals surface area contributed by atoms with E-state index in [0.717, 1.165) is 19.6 Å². The predicted molar refractivity (Wildman–Crippen MR) is 113 cm³/mol. The van der Waals surface area contributed by atoms with Crippen molar-refractivity contribution < 1.29 is 12.8 Å². The zero-order chi connectivity index (χ0) is 20.8. The van der Waals surface area contributed by atoms with Gasteiger partial charge in [-0.1, -0.05) is 12.5 Å². The number of piperidine rings is 1. The lowest BCUT2D eigenvalue weighted by Gasteiger charge is -2.41. The molecule has 0 saturated carbocycles. The molecule has 1 heterocycles. The minimum Gasteiger partial charge on any atom is -0.355 e. The molecule has 1 aliphatic rings. The fourth-order valence-corrected chi connectivity index (χ4v) is 4.34. The van der Waals surface area contributed by atoms with Crippen molar-refractivity contribution in [3.05, 3.63) is 35.1 Å². The molecule has 1 aromatic carbocycles. The number of sulfone groups is 1. The van der Waals surface area contributed by atoms with Crippen LogP contribution < -0.4 is 10.6 Å². The number of nitrogens with one attached hydrogen (secondary N) is 2. The number of nitrogens with zero attached hydrogens (tertiary/aromatic N) is 2. The summed E-state index contributed by atoms with van der Waals surface area (Å²) in [7, 11) is -1.51. The molecule has 0 bridgehead atoms. The monoisotopic (exact) mass is 412 g/mol. The molecule has 1 fully saturated rings. The van der Waals surface area contributed by atoms with Gasteiger partial charge in [0.2, 0.25) is 0 Å². The lowest BCUT2D eigenvalue weighted by molar-refractivity contribution is 0.0982. The Hall–Kier alpha value is -1.67. The zero-order valence-electron chi connectivity index (χ0n) is 17.4. The quantitative estimate of drug-likeness (QED) is 0.531. The molecule has 0 radical (unpaired) electrons. The van der Waals surface area contributed by atoms with Crippen molar-refractivity contribution in [3.8, 4) is 0 Å². The number of hydrogen-bond donors (Lipinski definition) is 2. The van der Waals surface area contributed by atoms with Gasteiger partial charge in [0.05, 0.1) is 5.75 Å². The average Bonchev–Trinajstić information content (AvgIpc) is 2.63. The van der Waals surface area contributed by atoms with E-state index in [1.807, 2.05) is 0 Å². The van der Waals surface area contributed by atoms with Crippen molar-refractivity contribution in [2.24, 2.45) is 4.99 Å². The first-order valence-electron chi connectivity index (χ1n) is 9.75. The highest BCUT2D eigenvalue weighted by Crippen LogP contribution is 2.20. The molecular weight excluding hydrogens is 379 g/mol. The maximum Gasteiger partial charge on any atom is 0.191 e. The number of halogens is 1. The predicted octanol–water partition coefficient (Wildman–Crippen LogP) is 2.30. The smallest absolute Gasteiger partial charge is 0.191 e. The van der Waals surface area contributed by atoms with Crippen LogP contribution in [0.1, 0.15) is 44.2 Å². The number of benzene rings is 1. The van der Waals surface area contributed by atoms with Crippen LogP contribution in [0.2, 0.25) is 0 Å². The third kappa shape index (κ3) is 7.05. The van der Waals surface area contributed by atoms with Crippen molar-refractivity contribution in [1.29, 1.82) is 0 Å². The van der Waals surface area contributed by atoms with Gasteiger partial charge in [-0.15, -0.1) is 0 Å². The van der Waals surface area contributed by atoms with Gasteiger partial charge in [-0.3, -0.25) is 9.89 Å². The van der Waals surface area contributed by atoms with Gasteiger partial charge in [-0.25, -0.2) is 12.8 Å². The molecular formula is C20H33FN4O2S. The molecule has 28 heavy (non-hydrogen) atoms. The first kappa shape index (κ1) is 22.6. The van der Waals surface area contributed by atoms with E-state index in [4.69, 9.17) is 0 Å². The standard InChI is InChI=1S/C20H33FN4O2S/c1-20(2,25-10-6-5-7-11-25)15-24-19(22-3)23-13-17-12-18(21)9-8-16(17)14-28(4,26)27/h8-9,12H,5-7,10-11,13-15H2,1-4H3,(H2,22,23,24). The molecule has 0 atom stereocenters. The minimum absolute atomic E-state index is 0.00164. The Morgan fingerprint density at radius 1 is 1.18 bits per heavy atom. The second kappa shape index (κ2) is 9.69. The Labute approximate surface area is 168 Å². The summed E-state index contributed by atoms with van der Waals surface area (Å²) in [5, 5.41) is 6.52. The highest BCUT2D eigenvalue weighted by atomic mass is 32.2. The molecule has 1 aromatic rings. The Morgan fingerprint density at radius 2 is 1.86 bits per heavy atom. The molecule has 0 aromatic heterocycles. The molecule has 0 aliphatic carbocycles. The van der Waals surface area contributed by atoms with Crippen LogP contribution in [0.4, 0.5) is 4.39 Å². The number of likely N-dealkylation sites (tertiary alicyclic amines) is 1. The van der Waals surface area contributed by atoms with E-state index >= 15 is 0 Å². The normalized spacial score (nSPS) is 16.8. The molecule has 6 nitrogen and oxygen atoms in total. The van der Waals surface area contributed by atoms with Crippen LogP contribution in [0.3, 0.4) is 0 Å². The van der Waals surface area contributed by atoms with Crippen LogP contribution in [-0.2, 0) is 22.1 Å². The van der Waals surface area contributed by atoms with Gasteiger partial charge in [0.25, 0.3) is 0 Å². The van der Waals surface area contributed by atoms with Crippen LogP contribution >= 0.6 is 0 Å². The SMILES string of the molecule is CN=C(NCc1cc(F)ccc1CS(C)(=O)=O)NCC(C)(C)N1CCCCC1. The second-order valence-corrected chi connectivity index (χ2v) is 10.3.